The van der Waals surface area contributed by atoms with Crippen molar-refractivity contribution in [1.82, 2.24) is 39.9 Å². The maximum Gasteiger partial charge on any atom is 0.164 e. The highest BCUT2D eigenvalue weighted by molar-refractivity contribution is 9.11. The summed E-state index contributed by atoms with van der Waals surface area (Å²) in [6.07, 6.45) is 4.62. The minimum absolute atomic E-state index is 0.0931. The fourth-order valence-corrected chi connectivity index (χ4v) is 10.0. The zero-order chi connectivity index (χ0) is 49.4. The Morgan fingerprint density at radius 2 is 0.929 bits per heavy atom. The first-order valence-corrected chi connectivity index (χ1v) is 26.0. The molecule has 5 heterocycles. The molecule has 2 aliphatic heterocycles. The molecule has 0 saturated carbocycles. The van der Waals surface area contributed by atoms with Crippen LogP contribution in [-0.4, -0.2) is 46.5 Å². The molecular formula is C58H60Br2N8O2. The van der Waals surface area contributed by atoms with Crippen molar-refractivity contribution in [2.75, 3.05) is 6.61 Å². The van der Waals surface area contributed by atoms with Crippen LogP contribution in [0.25, 0.3) is 89.7 Å². The smallest absolute Gasteiger partial charge is 0.164 e. The number of benzene rings is 5. The van der Waals surface area contributed by atoms with Crippen molar-refractivity contribution in [1.29, 1.82) is 0 Å². The number of ether oxygens (including phenoxy) is 2. The molecule has 0 spiro atoms. The lowest BCUT2D eigenvalue weighted by atomic mass is 9.85. The summed E-state index contributed by atoms with van der Waals surface area (Å²) in [4.78, 5) is 39.1. The fourth-order valence-electron chi connectivity index (χ4n) is 9.17. The van der Waals surface area contributed by atoms with Crippen LogP contribution < -0.4 is 9.47 Å². The summed E-state index contributed by atoms with van der Waals surface area (Å²) in [5.41, 5.74) is 9.32. The Morgan fingerprint density at radius 3 is 1.44 bits per heavy atom. The van der Waals surface area contributed by atoms with Crippen LogP contribution in [0.4, 0.5) is 0 Å². The maximum absolute atomic E-state index is 6.66. The molecule has 0 amide bonds. The van der Waals surface area contributed by atoms with Crippen LogP contribution in [0.3, 0.4) is 0 Å². The number of unbranched alkanes of at least 4 members (excludes halogenated alkanes) is 1. The van der Waals surface area contributed by atoms with Crippen molar-refractivity contribution in [3.05, 3.63) is 111 Å². The minimum atomic E-state index is -0.113. The highest BCUT2D eigenvalue weighted by Gasteiger charge is 2.27. The zero-order valence-corrected chi connectivity index (χ0v) is 45.1. The average molecular weight is 1060 g/mol. The van der Waals surface area contributed by atoms with E-state index in [1.54, 1.807) is 0 Å². The van der Waals surface area contributed by atoms with Gasteiger partial charge in [0.05, 0.1) is 15.6 Å². The van der Waals surface area contributed by atoms with Gasteiger partial charge in [-0.25, -0.2) is 29.9 Å². The van der Waals surface area contributed by atoms with E-state index < -0.39 is 0 Å². The molecule has 0 aliphatic carbocycles. The summed E-state index contributed by atoms with van der Waals surface area (Å²) in [5, 5.41) is 3.55. The van der Waals surface area contributed by atoms with Crippen LogP contribution in [0.2, 0.25) is 0 Å². The summed E-state index contributed by atoms with van der Waals surface area (Å²) in [5.74, 6) is 4.76. The van der Waals surface area contributed by atoms with Crippen molar-refractivity contribution in [3.8, 4) is 62.8 Å². The maximum atomic E-state index is 6.66. The zero-order valence-electron chi connectivity index (χ0n) is 42.0. The van der Waals surface area contributed by atoms with Gasteiger partial charge in [0.15, 0.2) is 23.3 Å². The van der Waals surface area contributed by atoms with Crippen LogP contribution >= 0.6 is 31.9 Å². The molecule has 2 N–H and O–H groups in total. The van der Waals surface area contributed by atoms with Gasteiger partial charge >= 0.3 is 0 Å². The third-order valence-electron chi connectivity index (χ3n) is 13.6. The largest absolute Gasteiger partial charge is 0.492 e. The molecule has 10 rings (SSSR count). The van der Waals surface area contributed by atoms with Crippen molar-refractivity contribution in [2.24, 2.45) is 5.92 Å². The molecule has 358 valence electrons. The minimum Gasteiger partial charge on any atom is -0.492 e. The Bertz CT molecular complexity index is 3530. The van der Waals surface area contributed by atoms with Gasteiger partial charge in [0.2, 0.25) is 0 Å². The Kier molecular flexibility index (Phi) is 12.3. The predicted octanol–water partition coefficient (Wildman–Crippen LogP) is 16.7. The summed E-state index contributed by atoms with van der Waals surface area (Å²) in [7, 11) is 0. The van der Waals surface area contributed by atoms with E-state index in [-0.39, 0.29) is 16.2 Å². The number of hydrogen-bond donors (Lipinski definition) is 2. The number of rotatable bonds is 9. The van der Waals surface area contributed by atoms with E-state index in [1.807, 2.05) is 30.3 Å². The van der Waals surface area contributed by atoms with Crippen molar-refractivity contribution >= 4 is 76.0 Å². The number of aromatic nitrogens is 8. The van der Waals surface area contributed by atoms with Gasteiger partial charge < -0.3 is 19.4 Å². The number of nitrogens with one attached hydrogen (secondary N) is 2. The first-order valence-electron chi connectivity index (χ1n) is 24.5. The molecule has 1 unspecified atom stereocenters. The third-order valence-corrected chi connectivity index (χ3v) is 14.9. The number of fused-ring (bicyclic) bond motifs is 20. The molecule has 70 heavy (non-hydrogen) atoms. The first kappa shape index (κ1) is 47.7. The molecule has 2 aliphatic rings. The van der Waals surface area contributed by atoms with Crippen LogP contribution in [0, 0.1) is 5.92 Å². The number of aromatic amines is 2. The van der Waals surface area contributed by atoms with Crippen LogP contribution in [-0.2, 0) is 16.2 Å². The van der Waals surface area contributed by atoms with E-state index in [0.29, 0.717) is 69.9 Å². The molecule has 0 radical (unpaired) electrons. The number of hydrogen-bond acceptors (Lipinski definition) is 8. The van der Waals surface area contributed by atoms with Gasteiger partial charge in [-0.3, -0.25) is 0 Å². The van der Waals surface area contributed by atoms with Crippen LogP contribution in [0.1, 0.15) is 119 Å². The SMILES string of the molecule is CCCCC(CC)COc1cc(Br)c(Oc2ccc3c4nc5nc(nc6[nH]c(nc7nc(nc([nH]4)c3c2)-c2ccc(C(C)(C)C)cc2-7)c2ccc(C(C)(C)C)cc62)-c2ccc(C(C)(C)C)cc2-5)cc1Br. The van der Waals surface area contributed by atoms with Crippen molar-refractivity contribution < 1.29 is 9.47 Å². The summed E-state index contributed by atoms with van der Waals surface area (Å²) in [6, 6.07) is 29.5. The Hall–Kier alpha value is -5.98. The molecule has 3 aromatic heterocycles. The van der Waals surface area contributed by atoms with Gasteiger partial charge in [0, 0.05) is 43.8 Å². The van der Waals surface area contributed by atoms with E-state index in [2.05, 4.69) is 173 Å². The van der Waals surface area contributed by atoms with Crippen LogP contribution in [0.5, 0.6) is 17.2 Å². The fraction of sp³-hybridized carbons (Fsp3) is 0.345. The van der Waals surface area contributed by atoms with Crippen molar-refractivity contribution in [3.63, 3.8) is 0 Å². The van der Waals surface area contributed by atoms with E-state index in [4.69, 9.17) is 39.4 Å². The molecule has 0 saturated heterocycles. The second-order valence-corrected chi connectivity index (χ2v) is 23.6. The van der Waals surface area contributed by atoms with Gasteiger partial charge in [-0.2, -0.15) is 0 Å². The Labute approximate surface area is 426 Å². The number of halogens is 2. The van der Waals surface area contributed by atoms with Gasteiger partial charge in [-0.05, 0) is 126 Å². The van der Waals surface area contributed by atoms with E-state index in [1.165, 1.54) is 29.5 Å². The summed E-state index contributed by atoms with van der Waals surface area (Å²) >= 11 is 7.56. The second kappa shape index (κ2) is 18.0. The highest BCUT2D eigenvalue weighted by atomic mass is 79.9. The molecule has 0 fully saturated rings. The number of nitrogens with zero attached hydrogens (tertiary/aromatic N) is 6. The lowest BCUT2D eigenvalue weighted by Crippen LogP contribution is -2.11. The quantitative estimate of drug-likeness (QED) is 0.146. The third kappa shape index (κ3) is 9.13. The molecule has 10 nitrogen and oxygen atoms in total. The average Bonchev–Trinajstić information content (AvgIpc) is 4.04. The van der Waals surface area contributed by atoms with E-state index in [9.17, 15) is 0 Å². The van der Waals surface area contributed by atoms with Gasteiger partial charge in [0.1, 0.15) is 39.8 Å². The monoisotopic (exact) mass is 1060 g/mol. The molecule has 8 aromatic rings. The molecule has 1 atom stereocenters. The van der Waals surface area contributed by atoms with E-state index in [0.717, 1.165) is 71.3 Å². The lowest BCUT2D eigenvalue weighted by molar-refractivity contribution is 0.232. The van der Waals surface area contributed by atoms with Gasteiger partial charge in [-0.1, -0.05) is 132 Å². The standard InChI is InChI=1S/C58H60Br2N8O2/c1-12-14-15-31(13-2)30-69-46-28-45(60)47(29-44(46)59)70-35-19-23-39-43(27-35)55-67-50-38-22-18-34(58(9,10)11)26-42(38)53(65-50)63-48-36-20-16-32(56(3,4)5)24-40(36)52(61-48)62-49-37-21-17-33(57(6,7)8)25-41(37)54(64-49)66-51(39)68-55/h16-29,31H,12-15,30H2,1-11H3,(H2,61,62,63,64,65,66,67,68). The Balaban J connectivity index is 1.21. The number of H-pyrrole nitrogens is 2. The second-order valence-electron chi connectivity index (χ2n) is 21.9. The van der Waals surface area contributed by atoms with Gasteiger partial charge in [0.25, 0.3) is 0 Å². The summed E-state index contributed by atoms with van der Waals surface area (Å²) in [6.45, 7) is 25.1. The summed E-state index contributed by atoms with van der Waals surface area (Å²) < 4.78 is 14.6. The normalized spacial score (nSPS) is 13.2. The lowest BCUT2D eigenvalue weighted by Gasteiger charge is -2.19. The van der Waals surface area contributed by atoms with E-state index >= 15 is 0 Å². The predicted molar refractivity (Wildman–Crippen MR) is 293 cm³/mol. The Morgan fingerprint density at radius 1 is 0.486 bits per heavy atom. The van der Waals surface area contributed by atoms with Gasteiger partial charge in [-0.15, -0.1) is 0 Å². The molecular weight excluding hydrogens is 1000 g/mol. The molecule has 8 bridgehead atoms. The topological polar surface area (TPSA) is 127 Å². The van der Waals surface area contributed by atoms with Crippen LogP contribution in [0.15, 0.2) is 93.9 Å². The van der Waals surface area contributed by atoms with Crippen molar-refractivity contribution in [2.45, 2.75) is 118 Å². The highest BCUT2D eigenvalue weighted by Crippen LogP contribution is 2.43. The molecule has 5 aromatic carbocycles. The molecule has 12 heteroatoms. The first-order chi connectivity index (χ1) is 33.2.